The zero-order valence-electron chi connectivity index (χ0n) is 15.9. The predicted molar refractivity (Wildman–Crippen MR) is 97.7 cm³/mol. The number of anilines is 1. The highest BCUT2D eigenvalue weighted by Crippen LogP contribution is 2.62. The van der Waals surface area contributed by atoms with Crippen LogP contribution >= 0.6 is 0 Å². The molecule has 2 aromatic rings. The Bertz CT molecular complexity index is 870. The number of ether oxygens (including phenoxy) is 3. The molecule has 4 heterocycles. The molecule has 5 rings (SSSR count). The summed E-state index contributed by atoms with van der Waals surface area (Å²) >= 11 is 0. The van der Waals surface area contributed by atoms with Gasteiger partial charge in [0.05, 0.1) is 6.33 Å². The van der Waals surface area contributed by atoms with Gasteiger partial charge in [0.25, 0.3) is 0 Å². The van der Waals surface area contributed by atoms with Crippen molar-refractivity contribution in [2.75, 3.05) is 18.8 Å². The molecule has 0 bridgehead atoms. The van der Waals surface area contributed by atoms with Gasteiger partial charge in [-0.25, -0.2) is 15.0 Å². The summed E-state index contributed by atoms with van der Waals surface area (Å²) in [7, 11) is 0. The second-order valence-corrected chi connectivity index (χ2v) is 8.17. The third kappa shape index (κ3) is 2.56. The second-order valence-electron chi connectivity index (χ2n) is 8.17. The highest BCUT2D eigenvalue weighted by atomic mass is 16.8. The molecule has 9 heteroatoms. The van der Waals surface area contributed by atoms with Crippen molar-refractivity contribution in [3.05, 3.63) is 12.7 Å². The summed E-state index contributed by atoms with van der Waals surface area (Å²) in [5.41, 5.74) is 6.85. The molecular weight excluding hydrogens is 348 g/mol. The minimum Gasteiger partial charge on any atom is -0.382 e. The lowest BCUT2D eigenvalue weighted by Gasteiger charge is -2.25. The van der Waals surface area contributed by atoms with Gasteiger partial charge in [0.15, 0.2) is 23.5 Å². The van der Waals surface area contributed by atoms with Crippen molar-refractivity contribution in [1.82, 2.24) is 24.8 Å². The molecule has 5 atom stereocenters. The van der Waals surface area contributed by atoms with E-state index in [9.17, 15) is 0 Å². The molecule has 0 radical (unpaired) electrons. The maximum Gasteiger partial charge on any atom is 0.167 e. The SMILES string of the molecule is CCCNC[C@H]1C[C@]12O[C@@H](n1cnc3c(N)ncnc31)[C@H]1OC(C)(C)OC12. The smallest absolute Gasteiger partial charge is 0.167 e. The second kappa shape index (κ2) is 5.84. The van der Waals surface area contributed by atoms with E-state index in [1.807, 2.05) is 18.4 Å². The Morgan fingerprint density at radius 1 is 1.26 bits per heavy atom. The number of hydrogen-bond acceptors (Lipinski definition) is 8. The fraction of sp³-hybridized carbons (Fsp3) is 0.722. The summed E-state index contributed by atoms with van der Waals surface area (Å²) in [6.45, 7) is 8.01. The van der Waals surface area contributed by atoms with Gasteiger partial charge in [-0.1, -0.05) is 6.92 Å². The number of aromatic nitrogens is 4. The summed E-state index contributed by atoms with van der Waals surface area (Å²) in [6, 6.07) is 0. The van der Waals surface area contributed by atoms with E-state index in [1.54, 1.807) is 6.33 Å². The highest BCUT2D eigenvalue weighted by molar-refractivity contribution is 5.81. The van der Waals surface area contributed by atoms with Crippen LogP contribution < -0.4 is 11.1 Å². The third-order valence-corrected chi connectivity index (χ3v) is 5.81. The van der Waals surface area contributed by atoms with Crippen LogP contribution in [-0.2, 0) is 14.2 Å². The summed E-state index contributed by atoms with van der Waals surface area (Å²) in [4.78, 5) is 12.8. The number of fused-ring (bicyclic) bond motifs is 3. The number of nitrogens with two attached hydrogens (primary N) is 1. The molecule has 146 valence electrons. The van der Waals surface area contributed by atoms with Crippen molar-refractivity contribution in [3.8, 4) is 0 Å². The van der Waals surface area contributed by atoms with Crippen molar-refractivity contribution in [2.45, 2.75) is 63.4 Å². The number of hydrogen-bond donors (Lipinski definition) is 2. The van der Waals surface area contributed by atoms with Gasteiger partial charge < -0.3 is 25.3 Å². The van der Waals surface area contributed by atoms with Crippen molar-refractivity contribution in [1.29, 1.82) is 0 Å². The first-order valence-electron chi connectivity index (χ1n) is 9.62. The summed E-state index contributed by atoms with van der Waals surface area (Å²) < 4.78 is 21.0. The Labute approximate surface area is 157 Å². The fourth-order valence-electron chi connectivity index (χ4n) is 4.52. The Balaban J connectivity index is 1.48. The molecule has 9 nitrogen and oxygen atoms in total. The average Bonchev–Trinajstić information content (AvgIpc) is 2.90. The van der Waals surface area contributed by atoms with Gasteiger partial charge >= 0.3 is 0 Å². The van der Waals surface area contributed by atoms with E-state index in [0.717, 1.165) is 25.9 Å². The van der Waals surface area contributed by atoms with Crippen LogP contribution in [0.3, 0.4) is 0 Å². The molecule has 1 unspecified atom stereocenters. The van der Waals surface area contributed by atoms with Gasteiger partial charge in [0, 0.05) is 12.5 Å². The van der Waals surface area contributed by atoms with Crippen LogP contribution in [0.2, 0.25) is 0 Å². The van der Waals surface area contributed by atoms with Crippen molar-refractivity contribution in [2.24, 2.45) is 5.92 Å². The molecule has 2 aliphatic heterocycles. The van der Waals surface area contributed by atoms with Gasteiger partial charge in [0.1, 0.15) is 29.7 Å². The Hall–Kier alpha value is -1.81. The number of rotatable bonds is 5. The molecule has 1 spiro atoms. The zero-order valence-corrected chi connectivity index (χ0v) is 15.9. The van der Waals surface area contributed by atoms with Crippen LogP contribution in [-0.4, -0.2) is 56.2 Å². The first-order valence-corrected chi connectivity index (χ1v) is 9.62. The zero-order chi connectivity index (χ0) is 18.8. The number of imidazole rings is 1. The maximum atomic E-state index is 6.59. The highest BCUT2D eigenvalue weighted by Gasteiger charge is 2.73. The largest absolute Gasteiger partial charge is 0.382 e. The monoisotopic (exact) mass is 374 g/mol. The van der Waals surface area contributed by atoms with Crippen LogP contribution in [0.25, 0.3) is 11.2 Å². The Morgan fingerprint density at radius 2 is 2.11 bits per heavy atom. The van der Waals surface area contributed by atoms with E-state index in [4.69, 9.17) is 19.9 Å². The molecule has 3 N–H and O–H groups in total. The summed E-state index contributed by atoms with van der Waals surface area (Å²) in [5.74, 6) is 0.132. The molecule has 0 amide bonds. The van der Waals surface area contributed by atoms with E-state index in [0.29, 0.717) is 22.9 Å². The quantitative estimate of drug-likeness (QED) is 0.752. The lowest BCUT2D eigenvalue weighted by Crippen LogP contribution is -2.35. The van der Waals surface area contributed by atoms with Crippen LogP contribution in [0.5, 0.6) is 0 Å². The standard InChI is InChI=1S/C18H26N6O3/c1-4-5-20-7-10-6-18(10)13-12(25-17(2,3)26-13)16(27-18)24-9-23-11-14(19)21-8-22-15(11)24/h8-10,12-13,16,20H,4-7H2,1-3H3,(H2,19,21,22)/t10-,12+,13?,16-,18+/m1/s1. The Morgan fingerprint density at radius 3 is 2.93 bits per heavy atom. The van der Waals surface area contributed by atoms with E-state index in [1.165, 1.54) is 6.33 Å². The number of nitrogen functional groups attached to an aromatic ring is 1. The van der Waals surface area contributed by atoms with Crippen molar-refractivity contribution >= 4 is 17.0 Å². The average molecular weight is 374 g/mol. The minimum atomic E-state index is -0.640. The molecule has 3 fully saturated rings. The molecule has 1 saturated carbocycles. The molecule has 0 aromatic carbocycles. The molecular formula is C18H26N6O3. The van der Waals surface area contributed by atoms with Gasteiger partial charge in [-0.05, 0) is 33.2 Å². The normalized spacial score (nSPS) is 36.6. The van der Waals surface area contributed by atoms with E-state index in [2.05, 4.69) is 27.2 Å². The van der Waals surface area contributed by atoms with Gasteiger partial charge in [0.2, 0.25) is 0 Å². The molecule has 27 heavy (non-hydrogen) atoms. The van der Waals surface area contributed by atoms with Gasteiger partial charge in [-0.3, -0.25) is 4.57 Å². The first-order chi connectivity index (χ1) is 13.0. The molecule has 2 saturated heterocycles. The summed E-state index contributed by atoms with van der Waals surface area (Å²) in [6.07, 6.45) is 4.55. The van der Waals surface area contributed by atoms with Crippen LogP contribution in [0, 0.1) is 5.92 Å². The molecule has 3 aliphatic rings. The molecule has 1 aliphatic carbocycles. The number of nitrogens with one attached hydrogen (secondary N) is 1. The van der Waals surface area contributed by atoms with E-state index >= 15 is 0 Å². The first kappa shape index (κ1) is 17.3. The number of nitrogens with zero attached hydrogens (tertiary/aromatic N) is 4. The van der Waals surface area contributed by atoms with E-state index < -0.39 is 5.79 Å². The van der Waals surface area contributed by atoms with Gasteiger partial charge in [-0.2, -0.15) is 0 Å². The topological polar surface area (TPSA) is 109 Å². The summed E-state index contributed by atoms with van der Waals surface area (Å²) in [5, 5.41) is 3.50. The minimum absolute atomic E-state index is 0.109. The lowest BCUT2D eigenvalue weighted by atomic mass is 10.1. The van der Waals surface area contributed by atoms with Crippen LogP contribution in [0.4, 0.5) is 5.82 Å². The van der Waals surface area contributed by atoms with Crippen LogP contribution in [0.1, 0.15) is 39.8 Å². The van der Waals surface area contributed by atoms with E-state index in [-0.39, 0.29) is 24.0 Å². The fourth-order valence-corrected chi connectivity index (χ4v) is 4.52. The van der Waals surface area contributed by atoms with Crippen molar-refractivity contribution < 1.29 is 14.2 Å². The van der Waals surface area contributed by atoms with Crippen molar-refractivity contribution in [3.63, 3.8) is 0 Å². The predicted octanol–water partition coefficient (Wildman–Crippen LogP) is 1.22. The maximum absolute atomic E-state index is 6.59. The van der Waals surface area contributed by atoms with Gasteiger partial charge in [-0.15, -0.1) is 0 Å². The Kier molecular flexibility index (Phi) is 3.74. The lowest BCUT2D eigenvalue weighted by molar-refractivity contribution is -0.203. The third-order valence-electron chi connectivity index (χ3n) is 5.81. The molecule has 2 aromatic heterocycles. The van der Waals surface area contributed by atoms with Crippen LogP contribution in [0.15, 0.2) is 12.7 Å².